The Morgan fingerprint density at radius 1 is 1.16 bits per heavy atom. The Morgan fingerprint density at radius 2 is 1.84 bits per heavy atom. The van der Waals surface area contributed by atoms with Crippen molar-refractivity contribution in [2.75, 3.05) is 13.1 Å². The second-order valence-electron chi connectivity index (χ2n) is 7.63. The summed E-state index contributed by atoms with van der Waals surface area (Å²) < 4.78 is 0. The second kappa shape index (κ2) is 6.13. The van der Waals surface area contributed by atoms with E-state index in [4.69, 9.17) is 5.73 Å². The molecule has 0 spiro atoms. The molecule has 2 fully saturated rings. The van der Waals surface area contributed by atoms with E-state index in [9.17, 15) is 0 Å². The molecule has 0 aromatic heterocycles. The maximum Gasteiger partial charge on any atom is 0.00965 e. The lowest BCUT2D eigenvalue weighted by atomic mass is 9.61. The lowest BCUT2D eigenvalue weighted by Crippen LogP contribution is -2.50. The van der Waals surface area contributed by atoms with Gasteiger partial charge in [0.25, 0.3) is 0 Å². The highest BCUT2D eigenvalue weighted by molar-refractivity contribution is 4.96. The van der Waals surface area contributed by atoms with E-state index in [1.807, 2.05) is 0 Å². The van der Waals surface area contributed by atoms with Gasteiger partial charge in [-0.2, -0.15) is 0 Å². The molecule has 2 aliphatic carbocycles. The normalized spacial score (nSPS) is 34.7. The SMILES string of the molecule is CCCCN(CC1CCC(N)C(C)C1(C)C)C1CC1. The van der Waals surface area contributed by atoms with Crippen LogP contribution in [0.15, 0.2) is 0 Å². The van der Waals surface area contributed by atoms with Crippen LogP contribution in [0.2, 0.25) is 0 Å². The summed E-state index contributed by atoms with van der Waals surface area (Å²) in [6.07, 6.45) is 8.10. The molecule has 3 unspecified atom stereocenters. The van der Waals surface area contributed by atoms with Gasteiger partial charge in [-0.15, -0.1) is 0 Å². The minimum atomic E-state index is 0.400. The molecule has 0 saturated heterocycles. The number of rotatable bonds is 6. The first kappa shape index (κ1) is 15.3. The van der Waals surface area contributed by atoms with Gasteiger partial charge in [-0.05, 0) is 55.9 Å². The fourth-order valence-corrected chi connectivity index (χ4v) is 3.77. The fourth-order valence-electron chi connectivity index (χ4n) is 3.77. The van der Waals surface area contributed by atoms with E-state index in [2.05, 4.69) is 32.6 Å². The zero-order valence-electron chi connectivity index (χ0n) is 13.5. The zero-order valence-corrected chi connectivity index (χ0v) is 13.5. The van der Waals surface area contributed by atoms with Crippen LogP contribution < -0.4 is 5.73 Å². The van der Waals surface area contributed by atoms with Crippen molar-refractivity contribution in [2.45, 2.75) is 78.3 Å². The molecule has 2 nitrogen and oxygen atoms in total. The maximum absolute atomic E-state index is 6.29. The van der Waals surface area contributed by atoms with Crippen LogP contribution in [-0.2, 0) is 0 Å². The molecule has 0 amide bonds. The number of nitrogens with zero attached hydrogens (tertiary/aromatic N) is 1. The average Bonchev–Trinajstić information content (AvgIpc) is 3.19. The van der Waals surface area contributed by atoms with Gasteiger partial charge >= 0.3 is 0 Å². The average molecular weight is 266 g/mol. The smallest absolute Gasteiger partial charge is 0.00965 e. The Morgan fingerprint density at radius 3 is 2.42 bits per heavy atom. The van der Waals surface area contributed by atoms with Crippen LogP contribution in [-0.4, -0.2) is 30.1 Å². The molecular formula is C17H34N2. The molecule has 19 heavy (non-hydrogen) atoms. The summed E-state index contributed by atoms with van der Waals surface area (Å²) in [4.78, 5) is 2.79. The third-order valence-corrected chi connectivity index (χ3v) is 6.03. The van der Waals surface area contributed by atoms with Crippen molar-refractivity contribution in [1.29, 1.82) is 0 Å². The van der Waals surface area contributed by atoms with E-state index in [1.165, 1.54) is 51.6 Å². The van der Waals surface area contributed by atoms with E-state index in [1.54, 1.807) is 0 Å². The second-order valence-corrected chi connectivity index (χ2v) is 7.63. The summed E-state index contributed by atoms with van der Waals surface area (Å²) in [7, 11) is 0. The third-order valence-electron chi connectivity index (χ3n) is 6.03. The van der Waals surface area contributed by atoms with Gasteiger partial charge in [0.2, 0.25) is 0 Å². The van der Waals surface area contributed by atoms with Crippen molar-refractivity contribution >= 4 is 0 Å². The van der Waals surface area contributed by atoms with Crippen molar-refractivity contribution in [3.8, 4) is 0 Å². The van der Waals surface area contributed by atoms with Gasteiger partial charge in [-0.25, -0.2) is 0 Å². The van der Waals surface area contributed by atoms with Gasteiger partial charge in [-0.1, -0.05) is 34.1 Å². The highest BCUT2D eigenvalue weighted by atomic mass is 15.2. The summed E-state index contributed by atoms with van der Waals surface area (Å²) in [5, 5.41) is 0. The Bertz CT molecular complexity index is 283. The van der Waals surface area contributed by atoms with Crippen LogP contribution in [0.25, 0.3) is 0 Å². The van der Waals surface area contributed by atoms with Gasteiger partial charge < -0.3 is 10.6 Å². The van der Waals surface area contributed by atoms with Crippen molar-refractivity contribution in [3.63, 3.8) is 0 Å². The minimum absolute atomic E-state index is 0.400. The third kappa shape index (κ3) is 3.52. The molecule has 2 heteroatoms. The van der Waals surface area contributed by atoms with E-state index in [0.29, 0.717) is 17.4 Å². The molecule has 0 radical (unpaired) electrons. The van der Waals surface area contributed by atoms with Gasteiger partial charge in [0.1, 0.15) is 0 Å². The maximum atomic E-state index is 6.29. The first-order valence-electron chi connectivity index (χ1n) is 8.46. The predicted molar refractivity (Wildman–Crippen MR) is 83.1 cm³/mol. The van der Waals surface area contributed by atoms with Gasteiger partial charge in [-0.3, -0.25) is 0 Å². The first-order valence-corrected chi connectivity index (χ1v) is 8.46. The Balaban J connectivity index is 1.95. The summed E-state index contributed by atoms with van der Waals surface area (Å²) in [6.45, 7) is 12.2. The molecule has 3 atom stereocenters. The van der Waals surface area contributed by atoms with Crippen LogP contribution in [0.1, 0.15) is 66.2 Å². The summed E-state index contributed by atoms with van der Waals surface area (Å²) >= 11 is 0. The fraction of sp³-hybridized carbons (Fsp3) is 1.00. The molecule has 0 heterocycles. The van der Waals surface area contributed by atoms with Crippen molar-refractivity contribution in [3.05, 3.63) is 0 Å². The van der Waals surface area contributed by atoms with Crippen molar-refractivity contribution in [1.82, 2.24) is 4.90 Å². The summed E-state index contributed by atoms with van der Waals surface area (Å²) in [6, 6.07) is 1.32. The number of hydrogen-bond acceptors (Lipinski definition) is 2. The summed E-state index contributed by atoms with van der Waals surface area (Å²) in [5.74, 6) is 1.48. The summed E-state index contributed by atoms with van der Waals surface area (Å²) in [5.41, 5.74) is 6.69. The molecule has 0 aromatic rings. The van der Waals surface area contributed by atoms with E-state index in [-0.39, 0.29) is 0 Å². The lowest BCUT2D eigenvalue weighted by molar-refractivity contribution is 0.0265. The van der Waals surface area contributed by atoms with Gasteiger partial charge in [0.05, 0.1) is 0 Å². The largest absolute Gasteiger partial charge is 0.327 e. The van der Waals surface area contributed by atoms with Crippen LogP contribution >= 0.6 is 0 Å². The van der Waals surface area contributed by atoms with Crippen molar-refractivity contribution in [2.24, 2.45) is 23.0 Å². The lowest BCUT2D eigenvalue weighted by Gasteiger charge is -2.48. The molecule has 0 aliphatic heterocycles. The van der Waals surface area contributed by atoms with Gasteiger partial charge in [0.15, 0.2) is 0 Å². The van der Waals surface area contributed by atoms with Crippen LogP contribution in [0.4, 0.5) is 0 Å². The Kier molecular flexibility index (Phi) is 4.94. The predicted octanol–water partition coefficient (Wildman–Crippen LogP) is 3.65. The van der Waals surface area contributed by atoms with E-state index >= 15 is 0 Å². The number of hydrogen-bond donors (Lipinski definition) is 1. The van der Waals surface area contributed by atoms with E-state index < -0.39 is 0 Å². The Hall–Kier alpha value is -0.0800. The molecule has 2 aliphatic rings. The number of nitrogens with two attached hydrogens (primary N) is 1. The minimum Gasteiger partial charge on any atom is -0.327 e. The molecule has 2 saturated carbocycles. The molecule has 2 rings (SSSR count). The van der Waals surface area contributed by atoms with Crippen LogP contribution in [0.5, 0.6) is 0 Å². The molecule has 0 bridgehead atoms. The molecule has 2 N–H and O–H groups in total. The van der Waals surface area contributed by atoms with Crippen LogP contribution in [0, 0.1) is 17.3 Å². The zero-order chi connectivity index (χ0) is 14.0. The first-order chi connectivity index (χ1) is 8.96. The topological polar surface area (TPSA) is 29.3 Å². The standard InChI is InChI=1S/C17H34N2/c1-5-6-11-19(15-8-9-15)12-14-7-10-16(18)13(2)17(14,3)4/h13-16H,5-12,18H2,1-4H3. The Labute approximate surface area is 120 Å². The van der Waals surface area contributed by atoms with Gasteiger partial charge in [0, 0.05) is 18.6 Å². The van der Waals surface area contributed by atoms with Crippen LogP contribution in [0.3, 0.4) is 0 Å². The number of unbranched alkanes of at least 4 members (excludes halogenated alkanes) is 1. The monoisotopic (exact) mass is 266 g/mol. The molecule has 0 aromatic carbocycles. The quantitative estimate of drug-likeness (QED) is 0.795. The molecule has 112 valence electrons. The highest BCUT2D eigenvalue weighted by Gasteiger charge is 2.43. The van der Waals surface area contributed by atoms with Crippen molar-refractivity contribution < 1.29 is 0 Å². The molecular weight excluding hydrogens is 232 g/mol. The van der Waals surface area contributed by atoms with E-state index in [0.717, 1.165) is 12.0 Å². The highest BCUT2D eigenvalue weighted by Crippen LogP contribution is 2.45.